The summed E-state index contributed by atoms with van der Waals surface area (Å²) in [4.78, 5) is 20.3. The van der Waals surface area contributed by atoms with Crippen LogP contribution in [0, 0.1) is 0 Å². The molecule has 0 radical (unpaired) electrons. The molecule has 0 bridgehead atoms. The number of imidazole rings is 1. The van der Waals surface area contributed by atoms with Crippen LogP contribution in [0.3, 0.4) is 0 Å². The zero-order chi connectivity index (χ0) is 17.4. The van der Waals surface area contributed by atoms with E-state index >= 15 is 0 Å². The molecule has 0 aliphatic heterocycles. The van der Waals surface area contributed by atoms with Crippen LogP contribution in [-0.4, -0.2) is 22.9 Å². The number of nitrogens with zero attached hydrogens (tertiary/aromatic N) is 2. The standard InChI is InChI=1S/C16H11BrClF2N3O/c1-23(13-5-3-9(17)7-10(13)18)16(24)8-2-4-11-12(6-8)22-15(21-11)14(19)20/h2-7,14H,1H3,(H,21,22). The van der Waals surface area contributed by atoms with E-state index in [2.05, 4.69) is 25.9 Å². The van der Waals surface area contributed by atoms with Crippen molar-refractivity contribution in [1.82, 2.24) is 9.97 Å². The number of rotatable bonds is 3. The summed E-state index contributed by atoms with van der Waals surface area (Å²) in [5.41, 5.74) is 1.65. The van der Waals surface area contributed by atoms with Crippen molar-refractivity contribution in [3.8, 4) is 0 Å². The van der Waals surface area contributed by atoms with Gasteiger partial charge in [-0.3, -0.25) is 4.79 Å². The highest BCUT2D eigenvalue weighted by atomic mass is 79.9. The van der Waals surface area contributed by atoms with Gasteiger partial charge in [0.15, 0.2) is 5.82 Å². The summed E-state index contributed by atoms with van der Waals surface area (Å²) < 4.78 is 26.2. The van der Waals surface area contributed by atoms with Crippen molar-refractivity contribution in [2.24, 2.45) is 0 Å². The molecule has 3 rings (SSSR count). The summed E-state index contributed by atoms with van der Waals surface area (Å²) in [5.74, 6) is -0.728. The number of halogens is 4. The lowest BCUT2D eigenvalue weighted by molar-refractivity contribution is 0.0993. The largest absolute Gasteiger partial charge is 0.337 e. The predicted octanol–water partition coefficient (Wildman–Crippen LogP) is 5.19. The summed E-state index contributed by atoms with van der Waals surface area (Å²) in [5, 5.41) is 0.419. The van der Waals surface area contributed by atoms with E-state index in [1.807, 2.05) is 0 Å². The van der Waals surface area contributed by atoms with Gasteiger partial charge in [-0.15, -0.1) is 0 Å². The maximum Gasteiger partial charge on any atom is 0.295 e. The lowest BCUT2D eigenvalue weighted by atomic mass is 10.1. The maximum absolute atomic E-state index is 12.7. The predicted molar refractivity (Wildman–Crippen MR) is 92.9 cm³/mol. The van der Waals surface area contributed by atoms with Gasteiger partial charge in [-0.25, -0.2) is 13.8 Å². The van der Waals surface area contributed by atoms with Crippen LogP contribution in [-0.2, 0) is 0 Å². The summed E-state index contributed by atoms with van der Waals surface area (Å²) in [7, 11) is 1.60. The highest BCUT2D eigenvalue weighted by Crippen LogP contribution is 2.29. The third-order valence-electron chi connectivity index (χ3n) is 3.53. The van der Waals surface area contributed by atoms with Crippen LogP contribution in [0.4, 0.5) is 14.5 Å². The number of carbonyl (C=O) groups is 1. The molecule has 0 fully saturated rings. The Balaban J connectivity index is 1.95. The first kappa shape index (κ1) is 16.9. The van der Waals surface area contributed by atoms with E-state index in [-0.39, 0.29) is 5.91 Å². The van der Waals surface area contributed by atoms with Crippen LogP contribution in [0.25, 0.3) is 11.0 Å². The number of alkyl halides is 2. The molecule has 0 saturated carbocycles. The lowest BCUT2D eigenvalue weighted by Gasteiger charge is -2.19. The van der Waals surface area contributed by atoms with Gasteiger partial charge < -0.3 is 9.88 Å². The normalized spacial score (nSPS) is 11.2. The molecule has 1 aromatic heterocycles. The molecular weight excluding hydrogens is 404 g/mol. The second kappa shape index (κ2) is 6.49. The van der Waals surface area contributed by atoms with Crippen molar-refractivity contribution in [2.45, 2.75) is 6.43 Å². The Labute approximate surface area is 149 Å². The van der Waals surface area contributed by atoms with E-state index in [1.165, 1.54) is 17.0 Å². The molecule has 0 aliphatic rings. The van der Waals surface area contributed by atoms with Crippen LogP contribution in [0.15, 0.2) is 40.9 Å². The smallest absolute Gasteiger partial charge is 0.295 e. The summed E-state index contributed by atoms with van der Waals surface area (Å²) in [6.45, 7) is 0. The van der Waals surface area contributed by atoms with Crippen molar-refractivity contribution in [3.63, 3.8) is 0 Å². The van der Waals surface area contributed by atoms with Gasteiger partial charge in [0.25, 0.3) is 12.3 Å². The molecule has 8 heteroatoms. The van der Waals surface area contributed by atoms with E-state index in [1.54, 1.807) is 31.3 Å². The quantitative estimate of drug-likeness (QED) is 0.641. The number of hydrogen-bond donors (Lipinski definition) is 1. The summed E-state index contributed by atoms with van der Waals surface area (Å²) >= 11 is 9.47. The first-order valence-electron chi connectivity index (χ1n) is 6.87. The third kappa shape index (κ3) is 3.14. The van der Waals surface area contributed by atoms with Gasteiger partial charge in [0.2, 0.25) is 0 Å². The molecule has 1 heterocycles. The lowest BCUT2D eigenvalue weighted by Crippen LogP contribution is -2.26. The molecule has 0 unspecified atom stereocenters. The van der Waals surface area contributed by atoms with Gasteiger partial charge in [-0.1, -0.05) is 27.5 Å². The third-order valence-corrected chi connectivity index (χ3v) is 4.33. The highest BCUT2D eigenvalue weighted by molar-refractivity contribution is 9.10. The van der Waals surface area contributed by atoms with Crippen LogP contribution >= 0.6 is 27.5 Å². The fourth-order valence-electron chi connectivity index (χ4n) is 2.32. The number of nitrogens with one attached hydrogen (secondary N) is 1. The number of benzene rings is 2. The highest BCUT2D eigenvalue weighted by Gasteiger charge is 2.18. The second-order valence-corrected chi connectivity index (χ2v) is 6.44. The Bertz CT molecular complexity index is 929. The van der Waals surface area contributed by atoms with Crippen molar-refractivity contribution < 1.29 is 13.6 Å². The number of amides is 1. The molecule has 24 heavy (non-hydrogen) atoms. The van der Waals surface area contributed by atoms with Gasteiger partial charge in [0, 0.05) is 17.1 Å². The Kier molecular flexibility index (Phi) is 4.56. The minimum Gasteiger partial charge on any atom is -0.337 e. The Morgan fingerprint density at radius 2 is 2.04 bits per heavy atom. The number of aromatic nitrogens is 2. The average Bonchev–Trinajstić information content (AvgIpc) is 2.97. The molecule has 0 spiro atoms. The van der Waals surface area contributed by atoms with Gasteiger partial charge in [0.1, 0.15) is 0 Å². The van der Waals surface area contributed by atoms with E-state index in [0.29, 0.717) is 27.3 Å². The van der Waals surface area contributed by atoms with Crippen LogP contribution in [0.1, 0.15) is 22.6 Å². The van der Waals surface area contributed by atoms with Crippen LogP contribution in [0.5, 0.6) is 0 Å². The number of carbonyl (C=O) groups excluding carboxylic acids is 1. The van der Waals surface area contributed by atoms with Crippen molar-refractivity contribution in [1.29, 1.82) is 0 Å². The minimum absolute atomic E-state index is 0.311. The summed E-state index contributed by atoms with van der Waals surface area (Å²) in [6.07, 6.45) is -2.69. The number of hydrogen-bond acceptors (Lipinski definition) is 2. The number of fused-ring (bicyclic) bond motifs is 1. The first-order valence-corrected chi connectivity index (χ1v) is 8.05. The maximum atomic E-state index is 12.7. The molecule has 1 amide bonds. The van der Waals surface area contributed by atoms with Gasteiger partial charge in [-0.2, -0.15) is 0 Å². The zero-order valence-electron chi connectivity index (χ0n) is 12.4. The Morgan fingerprint density at radius 1 is 1.29 bits per heavy atom. The van der Waals surface area contributed by atoms with E-state index in [9.17, 15) is 13.6 Å². The summed E-state index contributed by atoms with van der Waals surface area (Å²) in [6, 6.07) is 9.76. The molecule has 0 aliphatic carbocycles. The first-order chi connectivity index (χ1) is 11.4. The molecule has 0 atom stereocenters. The fraction of sp³-hybridized carbons (Fsp3) is 0.125. The SMILES string of the molecule is CN(C(=O)c1ccc2nc(C(F)F)[nH]c2c1)c1ccc(Br)cc1Cl. The molecule has 4 nitrogen and oxygen atoms in total. The van der Waals surface area contributed by atoms with Crippen LogP contribution < -0.4 is 4.90 Å². The van der Waals surface area contributed by atoms with Gasteiger partial charge in [0.05, 0.1) is 21.7 Å². The van der Waals surface area contributed by atoms with Gasteiger partial charge >= 0.3 is 0 Å². The molecule has 0 saturated heterocycles. The Hall–Kier alpha value is -1.99. The zero-order valence-corrected chi connectivity index (χ0v) is 14.7. The number of H-pyrrole nitrogens is 1. The Morgan fingerprint density at radius 3 is 2.71 bits per heavy atom. The van der Waals surface area contributed by atoms with Crippen molar-refractivity contribution in [3.05, 3.63) is 57.3 Å². The van der Waals surface area contributed by atoms with E-state index in [4.69, 9.17) is 11.6 Å². The molecule has 124 valence electrons. The van der Waals surface area contributed by atoms with Crippen molar-refractivity contribution >= 4 is 50.2 Å². The molecule has 2 aromatic carbocycles. The van der Waals surface area contributed by atoms with Gasteiger partial charge in [-0.05, 0) is 36.4 Å². The van der Waals surface area contributed by atoms with Crippen molar-refractivity contribution in [2.75, 3.05) is 11.9 Å². The van der Waals surface area contributed by atoms with E-state index < -0.39 is 12.2 Å². The monoisotopic (exact) mass is 413 g/mol. The second-order valence-electron chi connectivity index (χ2n) is 5.11. The number of aromatic amines is 1. The fourth-order valence-corrected chi connectivity index (χ4v) is 3.12. The molecular formula is C16H11BrClF2N3O. The average molecular weight is 415 g/mol. The molecule has 3 aromatic rings. The molecule has 1 N–H and O–H groups in total. The van der Waals surface area contributed by atoms with E-state index in [0.717, 1.165) is 4.47 Å². The van der Waals surface area contributed by atoms with Crippen LogP contribution in [0.2, 0.25) is 5.02 Å². The number of anilines is 1. The minimum atomic E-state index is -2.69. The topological polar surface area (TPSA) is 49.0 Å².